The van der Waals surface area contributed by atoms with Crippen LogP contribution >= 0.6 is 0 Å². The molecule has 1 heterocycles. The number of nitrogens with one attached hydrogen (secondary N) is 2. The number of rotatable bonds is 5. The quantitative estimate of drug-likeness (QED) is 0.577. The normalized spacial score (nSPS) is 11.1. The third kappa shape index (κ3) is 4.76. The predicted molar refractivity (Wildman–Crippen MR) is 99.6 cm³/mol. The number of carbonyl (C=O) groups excluding carboxylic acids is 1. The Morgan fingerprint density at radius 3 is 2.32 bits per heavy atom. The number of hydrogen-bond donors (Lipinski definition) is 3. The molecule has 0 bridgehead atoms. The molecule has 0 unspecified atom stereocenters. The summed E-state index contributed by atoms with van der Waals surface area (Å²) in [5.41, 5.74) is 6.72. The number of nitrogen functional groups attached to an aromatic ring is 1. The van der Waals surface area contributed by atoms with Gasteiger partial charge in [-0.15, -0.1) is 0 Å². The van der Waals surface area contributed by atoms with E-state index in [1.54, 1.807) is 24.3 Å². The highest BCUT2D eigenvalue weighted by Gasteiger charge is 2.29. The molecular formula is C19H16F3N5O. The average Bonchev–Trinajstić information content (AvgIpc) is 2.68. The van der Waals surface area contributed by atoms with E-state index in [9.17, 15) is 18.0 Å². The van der Waals surface area contributed by atoms with Gasteiger partial charge >= 0.3 is 6.18 Å². The topological polar surface area (TPSA) is 92.9 Å². The minimum Gasteiger partial charge on any atom is -0.397 e. The fraction of sp³-hybridized carbons (Fsp3) is 0.105. The van der Waals surface area contributed by atoms with Crippen molar-refractivity contribution in [3.63, 3.8) is 0 Å². The monoisotopic (exact) mass is 387 g/mol. The van der Waals surface area contributed by atoms with Crippen LogP contribution in [0.15, 0.2) is 60.9 Å². The second kappa shape index (κ2) is 7.95. The molecule has 3 rings (SSSR count). The van der Waals surface area contributed by atoms with Gasteiger partial charge in [0.15, 0.2) is 0 Å². The first-order chi connectivity index (χ1) is 13.3. The highest BCUT2D eigenvalue weighted by Crippen LogP contribution is 2.29. The Balaban J connectivity index is 1.58. The highest BCUT2D eigenvalue weighted by molar-refractivity contribution is 6.04. The third-order valence-corrected chi connectivity index (χ3v) is 3.85. The number of anilines is 3. The van der Waals surface area contributed by atoms with Crippen molar-refractivity contribution in [1.82, 2.24) is 9.97 Å². The van der Waals surface area contributed by atoms with Crippen LogP contribution < -0.4 is 16.4 Å². The first-order valence-corrected chi connectivity index (χ1v) is 8.21. The van der Waals surface area contributed by atoms with E-state index in [1.165, 1.54) is 24.5 Å². The number of para-hydroxylation sites is 2. The van der Waals surface area contributed by atoms with Gasteiger partial charge in [-0.1, -0.05) is 24.3 Å². The van der Waals surface area contributed by atoms with Crippen LogP contribution in [0.3, 0.4) is 0 Å². The van der Waals surface area contributed by atoms with Crippen LogP contribution in [-0.4, -0.2) is 15.9 Å². The summed E-state index contributed by atoms with van der Waals surface area (Å²) in [4.78, 5) is 20.3. The van der Waals surface area contributed by atoms with Gasteiger partial charge in [0.2, 0.25) is 0 Å². The minimum atomic E-state index is -4.36. The number of hydrogen-bond acceptors (Lipinski definition) is 5. The van der Waals surface area contributed by atoms with E-state index in [2.05, 4.69) is 20.6 Å². The van der Waals surface area contributed by atoms with Crippen LogP contribution in [0.4, 0.5) is 30.4 Å². The zero-order valence-electron chi connectivity index (χ0n) is 14.5. The summed E-state index contributed by atoms with van der Waals surface area (Å²) in [6.07, 6.45) is -1.70. The van der Waals surface area contributed by atoms with Gasteiger partial charge in [-0.25, -0.2) is 9.97 Å². The minimum absolute atomic E-state index is 0.100. The van der Waals surface area contributed by atoms with Crippen molar-refractivity contribution in [1.29, 1.82) is 0 Å². The molecule has 0 radical (unpaired) electrons. The largest absolute Gasteiger partial charge is 0.416 e. The van der Waals surface area contributed by atoms with Crippen molar-refractivity contribution in [3.05, 3.63) is 77.7 Å². The third-order valence-electron chi connectivity index (χ3n) is 3.85. The van der Waals surface area contributed by atoms with E-state index in [-0.39, 0.29) is 12.2 Å². The van der Waals surface area contributed by atoms with E-state index >= 15 is 0 Å². The molecule has 1 amide bonds. The molecule has 28 heavy (non-hydrogen) atoms. The number of nitrogens with two attached hydrogens (primary N) is 1. The molecule has 0 saturated heterocycles. The highest BCUT2D eigenvalue weighted by atomic mass is 19.4. The molecular weight excluding hydrogens is 371 g/mol. The van der Waals surface area contributed by atoms with E-state index in [1.807, 2.05) is 0 Å². The van der Waals surface area contributed by atoms with Gasteiger partial charge in [0.1, 0.15) is 11.5 Å². The lowest BCUT2D eigenvalue weighted by molar-refractivity contribution is -0.137. The molecule has 3 aromatic rings. The molecule has 0 aliphatic carbocycles. The molecule has 0 fully saturated rings. The fourth-order valence-electron chi connectivity index (χ4n) is 2.34. The molecule has 144 valence electrons. The summed E-state index contributed by atoms with van der Waals surface area (Å²) in [7, 11) is 0. The zero-order chi connectivity index (χ0) is 20.1. The second-order valence-corrected chi connectivity index (χ2v) is 5.88. The maximum atomic E-state index is 12.6. The summed E-state index contributed by atoms with van der Waals surface area (Å²) in [5, 5.41) is 5.58. The first-order valence-electron chi connectivity index (χ1n) is 8.21. The van der Waals surface area contributed by atoms with Crippen molar-refractivity contribution in [3.8, 4) is 0 Å². The Labute approximate surface area is 158 Å². The number of nitrogens with zero attached hydrogens (tertiary/aromatic N) is 2. The Hall–Kier alpha value is -3.62. The SMILES string of the molecule is Nc1ccccc1NC(=O)c1cnc(NCc2ccc(C(F)(F)F)cc2)cn1. The van der Waals surface area contributed by atoms with Gasteiger partial charge in [0.05, 0.1) is 29.3 Å². The number of halogens is 3. The van der Waals surface area contributed by atoms with Crippen LogP contribution in [0, 0.1) is 0 Å². The molecule has 0 saturated carbocycles. The van der Waals surface area contributed by atoms with Crippen LogP contribution in [0.1, 0.15) is 21.6 Å². The van der Waals surface area contributed by atoms with E-state index in [4.69, 9.17) is 5.73 Å². The number of carbonyl (C=O) groups is 1. The lowest BCUT2D eigenvalue weighted by Crippen LogP contribution is -2.15. The van der Waals surface area contributed by atoms with Gasteiger partial charge in [0, 0.05) is 6.54 Å². The van der Waals surface area contributed by atoms with Crippen molar-refractivity contribution < 1.29 is 18.0 Å². The number of aromatic nitrogens is 2. The van der Waals surface area contributed by atoms with Gasteiger partial charge in [-0.3, -0.25) is 4.79 Å². The van der Waals surface area contributed by atoms with Gasteiger partial charge in [-0.05, 0) is 29.8 Å². The van der Waals surface area contributed by atoms with Crippen LogP contribution in [0.2, 0.25) is 0 Å². The summed E-state index contributed by atoms with van der Waals surface area (Å²) in [5.74, 6) is -0.0737. The van der Waals surface area contributed by atoms with Crippen LogP contribution in [0.5, 0.6) is 0 Å². The smallest absolute Gasteiger partial charge is 0.397 e. The van der Waals surface area contributed by atoms with E-state index < -0.39 is 17.6 Å². The lowest BCUT2D eigenvalue weighted by Gasteiger charge is -2.09. The molecule has 0 aliphatic heterocycles. The molecule has 0 aliphatic rings. The molecule has 6 nitrogen and oxygen atoms in total. The predicted octanol–water partition coefficient (Wildman–Crippen LogP) is 3.94. The Kier molecular flexibility index (Phi) is 5.44. The van der Waals surface area contributed by atoms with Gasteiger partial charge < -0.3 is 16.4 Å². The van der Waals surface area contributed by atoms with Crippen LogP contribution in [0.25, 0.3) is 0 Å². The summed E-state index contributed by atoms with van der Waals surface area (Å²) in [6, 6.07) is 11.6. The average molecular weight is 387 g/mol. The Morgan fingerprint density at radius 1 is 1.00 bits per heavy atom. The summed E-state index contributed by atoms with van der Waals surface area (Å²) >= 11 is 0. The fourth-order valence-corrected chi connectivity index (χ4v) is 2.34. The number of amides is 1. The van der Waals surface area contributed by atoms with Gasteiger partial charge in [-0.2, -0.15) is 13.2 Å². The molecule has 0 spiro atoms. The number of benzene rings is 2. The van der Waals surface area contributed by atoms with Crippen LogP contribution in [-0.2, 0) is 12.7 Å². The lowest BCUT2D eigenvalue weighted by atomic mass is 10.1. The van der Waals surface area contributed by atoms with E-state index in [0.29, 0.717) is 22.8 Å². The first kappa shape index (κ1) is 19.2. The summed E-state index contributed by atoms with van der Waals surface area (Å²) < 4.78 is 37.7. The molecule has 2 aromatic carbocycles. The molecule has 9 heteroatoms. The van der Waals surface area contributed by atoms with Crippen molar-refractivity contribution in [2.24, 2.45) is 0 Å². The standard InChI is InChI=1S/C19H16F3N5O/c20-19(21,22)13-7-5-12(6-8-13)9-25-17-11-24-16(10-26-17)18(28)27-15-4-2-1-3-14(15)23/h1-8,10-11H,9,23H2,(H,25,26)(H,27,28). The van der Waals surface area contributed by atoms with Crippen molar-refractivity contribution >= 4 is 23.1 Å². The maximum absolute atomic E-state index is 12.6. The van der Waals surface area contributed by atoms with Gasteiger partial charge in [0.25, 0.3) is 5.91 Å². The summed E-state index contributed by atoms with van der Waals surface area (Å²) in [6.45, 7) is 0.263. The number of alkyl halides is 3. The maximum Gasteiger partial charge on any atom is 0.416 e. The van der Waals surface area contributed by atoms with Crippen molar-refractivity contribution in [2.45, 2.75) is 12.7 Å². The van der Waals surface area contributed by atoms with E-state index in [0.717, 1.165) is 12.1 Å². The Morgan fingerprint density at radius 2 is 1.71 bits per heavy atom. The molecule has 0 atom stereocenters. The zero-order valence-corrected chi connectivity index (χ0v) is 14.5. The van der Waals surface area contributed by atoms with Crippen molar-refractivity contribution in [2.75, 3.05) is 16.4 Å². The molecule has 1 aromatic heterocycles. The Bertz CT molecular complexity index is 957. The second-order valence-electron chi connectivity index (χ2n) is 5.88. The molecule has 4 N–H and O–H groups in total.